The minimum Gasteiger partial charge on any atom is -0.372 e. The van der Waals surface area contributed by atoms with Gasteiger partial charge in [0.25, 0.3) is 5.91 Å². The number of nitrogens with zero attached hydrogens (tertiary/aromatic N) is 2. The maximum absolute atomic E-state index is 13.0. The van der Waals surface area contributed by atoms with Crippen molar-refractivity contribution in [3.8, 4) is 0 Å². The van der Waals surface area contributed by atoms with E-state index in [1.165, 1.54) is 0 Å². The minimum atomic E-state index is -1.79. The van der Waals surface area contributed by atoms with E-state index >= 15 is 0 Å². The highest BCUT2D eigenvalue weighted by Gasteiger charge is 2.40. The summed E-state index contributed by atoms with van der Waals surface area (Å²) in [6, 6.07) is 18.5. The fraction of sp³-hybridized carbons (Fsp3) is 0.364. The molecule has 0 bridgehead atoms. The normalized spacial score (nSPS) is 15.6. The van der Waals surface area contributed by atoms with Gasteiger partial charge in [-0.25, -0.2) is 5.43 Å². The van der Waals surface area contributed by atoms with Crippen molar-refractivity contribution in [3.63, 3.8) is 0 Å². The van der Waals surface area contributed by atoms with Crippen molar-refractivity contribution in [1.29, 1.82) is 0 Å². The SMILES string of the molecule is CC(C)N1CCC(=NNC(=O)C(O)(c2ccccc2)c2ccccc2)CC1. The molecule has 5 heteroatoms. The number of hydrogen-bond acceptors (Lipinski definition) is 4. The van der Waals surface area contributed by atoms with Crippen LogP contribution in [-0.4, -0.2) is 40.8 Å². The molecule has 2 aromatic carbocycles. The van der Waals surface area contributed by atoms with Gasteiger partial charge >= 0.3 is 0 Å². The molecule has 0 aliphatic carbocycles. The van der Waals surface area contributed by atoms with Crippen molar-refractivity contribution < 1.29 is 9.90 Å². The van der Waals surface area contributed by atoms with Crippen LogP contribution in [-0.2, 0) is 10.4 Å². The first-order chi connectivity index (χ1) is 13.0. The van der Waals surface area contributed by atoms with Crippen molar-refractivity contribution in [3.05, 3.63) is 71.8 Å². The van der Waals surface area contributed by atoms with Gasteiger partial charge in [0.1, 0.15) is 0 Å². The molecule has 5 nitrogen and oxygen atoms in total. The molecule has 0 aromatic heterocycles. The number of likely N-dealkylation sites (tertiary alicyclic amines) is 1. The Morgan fingerprint density at radius 3 is 1.93 bits per heavy atom. The number of carbonyl (C=O) groups excluding carboxylic acids is 1. The molecule has 1 amide bonds. The quantitative estimate of drug-likeness (QED) is 0.801. The summed E-state index contributed by atoms with van der Waals surface area (Å²) < 4.78 is 0. The molecule has 2 aromatic rings. The van der Waals surface area contributed by atoms with Crippen LogP contribution in [0, 0.1) is 0 Å². The van der Waals surface area contributed by atoms with Gasteiger partial charge in [0.15, 0.2) is 5.60 Å². The molecule has 1 saturated heterocycles. The molecule has 0 unspecified atom stereocenters. The molecule has 3 rings (SSSR count). The first kappa shape index (κ1) is 19.3. The topological polar surface area (TPSA) is 64.9 Å². The summed E-state index contributed by atoms with van der Waals surface area (Å²) in [5.41, 5.74) is 2.82. The third kappa shape index (κ3) is 4.26. The van der Waals surface area contributed by atoms with Gasteiger partial charge in [-0.05, 0) is 25.0 Å². The van der Waals surface area contributed by atoms with Crippen molar-refractivity contribution in [2.45, 2.75) is 38.3 Å². The van der Waals surface area contributed by atoms with Gasteiger partial charge in [-0.2, -0.15) is 5.10 Å². The molecule has 1 fully saturated rings. The summed E-state index contributed by atoms with van der Waals surface area (Å²) >= 11 is 0. The van der Waals surface area contributed by atoms with Crippen LogP contribution in [0.2, 0.25) is 0 Å². The zero-order valence-corrected chi connectivity index (χ0v) is 15.9. The first-order valence-corrected chi connectivity index (χ1v) is 9.45. The van der Waals surface area contributed by atoms with Crippen LogP contribution in [0.5, 0.6) is 0 Å². The molecule has 1 aliphatic rings. The van der Waals surface area contributed by atoms with Crippen molar-refractivity contribution in [1.82, 2.24) is 10.3 Å². The van der Waals surface area contributed by atoms with Crippen LogP contribution in [0.4, 0.5) is 0 Å². The molecule has 1 aliphatic heterocycles. The lowest BCUT2D eigenvalue weighted by Gasteiger charge is -2.31. The van der Waals surface area contributed by atoms with Gasteiger partial charge < -0.3 is 10.0 Å². The van der Waals surface area contributed by atoms with Gasteiger partial charge in [-0.3, -0.25) is 4.79 Å². The first-order valence-electron chi connectivity index (χ1n) is 9.45. The number of carbonyl (C=O) groups is 1. The molecule has 142 valence electrons. The van der Waals surface area contributed by atoms with E-state index in [1.807, 2.05) is 36.4 Å². The summed E-state index contributed by atoms with van der Waals surface area (Å²) in [5, 5.41) is 15.7. The van der Waals surface area contributed by atoms with Gasteiger partial charge in [0, 0.05) is 37.7 Å². The molecular weight excluding hydrogens is 338 g/mol. The Labute approximate surface area is 160 Å². The van der Waals surface area contributed by atoms with Crippen molar-refractivity contribution >= 4 is 11.6 Å². The lowest BCUT2D eigenvalue weighted by atomic mass is 9.85. The smallest absolute Gasteiger partial charge is 0.281 e. The van der Waals surface area contributed by atoms with E-state index in [0.717, 1.165) is 31.6 Å². The van der Waals surface area contributed by atoms with E-state index in [0.29, 0.717) is 17.2 Å². The second-order valence-electron chi connectivity index (χ2n) is 7.19. The molecular formula is C22H27N3O2. The zero-order chi connectivity index (χ0) is 19.3. The van der Waals surface area contributed by atoms with E-state index in [1.54, 1.807) is 24.3 Å². The number of benzene rings is 2. The van der Waals surface area contributed by atoms with Crippen LogP contribution < -0.4 is 5.43 Å². The second kappa shape index (κ2) is 8.46. The van der Waals surface area contributed by atoms with Gasteiger partial charge in [0.2, 0.25) is 0 Å². The Bertz CT molecular complexity index is 738. The Balaban J connectivity index is 1.80. The number of hydrogen-bond donors (Lipinski definition) is 2. The standard InChI is InChI=1S/C22H27N3O2/c1-17(2)25-15-13-20(14-16-25)23-24-21(26)22(27,18-9-5-3-6-10-18)19-11-7-4-8-12-19/h3-12,17,27H,13-16H2,1-2H3,(H,24,26). The second-order valence-corrected chi connectivity index (χ2v) is 7.19. The Morgan fingerprint density at radius 1 is 1.00 bits per heavy atom. The largest absolute Gasteiger partial charge is 0.372 e. The molecule has 0 atom stereocenters. The molecule has 0 saturated carbocycles. The summed E-state index contributed by atoms with van der Waals surface area (Å²) in [4.78, 5) is 15.4. The van der Waals surface area contributed by atoms with Gasteiger partial charge in [0.05, 0.1) is 0 Å². The van der Waals surface area contributed by atoms with Crippen LogP contribution >= 0.6 is 0 Å². The lowest BCUT2D eigenvalue weighted by molar-refractivity contribution is -0.136. The van der Waals surface area contributed by atoms with E-state index < -0.39 is 11.5 Å². The Hall–Kier alpha value is -2.50. The van der Waals surface area contributed by atoms with Crippen molar-refractivity contribution in [2.75, 3.05) is 13.1 Å². The van der Waals surface area contributed by atoms with Crippen LogP contribution in [0.15, 0.2) is 65.8 Å². The van der Waals surface area contributed by atoms with Crippen LogP contribution in [0.1, 0.15) is 37.8 Å². The van der Waals surface area contributed by atoms with Gasteiger partial charge in [-0.1, -0.05) is 60.7 Å². The van der Waals surface area contributed by atoms with E-state index in [4.69, 9.17) is 0 Å². The van der Waals surface area contributed by atoms with E-state index in [-0.39, 0.29) is 0 Å². The number of aliphatic hydroxyl groups is 1. The number of nitrogens with one attached hydrogen (secondary N) is 1. The number of piperidine rings is 1. The summed E-state index contributed by atoms with van der Waals surface area (Å²) in [5.74, 6) is -0.543. The average Bonchev–Trinajstić information content (AvgIpc) is 2.73. The fourth-order valence-corrected chi connectivity index (χ4v) is 3.41. The zero-order valence-electron chi connectivity index (χ0n) is 15.9. The third-order valence-corrected chi connectivity index (χ3v) is 5.13. The highest BCUT2D eigenvalue weighted by molar-refractivity contribution is 5.92. The van der Waals surface area contributed by atoms with Crippen LogP contribution in [0.3, 0.4) is 0 Å². The number of rotatable bonds is 5. The Morgan fingerprint density at radius 2 is 1.48 bits per heavy atom. The molecule has 1 heterocycles. The highest BCUT2D eigenvalue weighted by Crippen LogP contribution is 2.29. The lowest BCUT2D eigenvalue weighted by Crippen LogP contribution is -2.44. The molecule has 2 N–H and O–H groups in total. The van der Waals surface area contributed by atoms with E-state index in [2.05, 4.69) is 29.3 Å². The van der Waals surface area contributed by atoms with Crippen molar-refractivity contribution in [2.24, 2.45) is 5.10 Å². The maximum Gasteiger partial charge on any atom is 0.281 e. The number of hydrazone groups is 1. The fourth-order valence-electron chi connectivity index (χ4n) is 3.41. The molecule has 27 heavy (non-hydrogen) atoms. The predicted octanol–water partition coefficient (Wildman–Crippen LogP) is 2.90. The Kier molecular flexibility index (Phi) is 6.04. The van der Waals surface area contributed by atoms with Crippen LogP contribution in [0.25, 0.3) is 0 Å². The monoisotopic (exact) mass is 365 g/mol. The maximum atomic E-state index is 13.0. The summed E-state index contributed by atoms with van der Waals surface area (Å²) in [7, 11) is 0. The molecule has 0 radical (unpaired) electrons. The summed E-state index contributed by atoms with van der Waals surface area (Å²) in [6.07, 6.45) is 1.65. The van der Waals surface area contributed by atoms with E-state index in [9.17, 15) is 9.90 Å². The minimum absolute atomic E-state index is 0.516. The van der Waals surface area contributed by atoms with Gasteiger partial charge in [-0.15, -0.1) is 0 Å². The molecule has 0 spiro atoms. The number of amides is 1. The average molecular weight is 365 g/mol. The third-order valence-electron chi connectivity index (χ3n) is 5.13. The predicted molar refractivity (Wildman–Crippen MR) is 107 cm³/mol. The highest BCUT2D eigenvalue weighted by atomic mass is 16.3. The summed E-state index contributed by atoms with van der Waals surface area (Å²) in [6.45, 7) is 6.25.